The molecule has 0 amide bonds. The Morgan fingerprint density at radius 1 is 1.09 bits per heavy atom. The maximum absolute atomic E-state index is 13.3. The molecule has 1 N–H and O–H groups in total. The molecule has 4 aromatic rings. The summed E-state index contributed by atoms with van der Waals surface area (Å²) >= 11 is 6.06. The molecule has 4 rings (SSSR count). The number of halogens is 1. The molecule has 0 spiro atoms. The smallest absolute Gasteiger partial charge is 0.342 e. The van der Waals surface area contributed by atoms with Crippen LogP contribution in [-0.2, 0) is 5.54 Å². The van der Waals surface area contributed by atoms with Crippen LogP contribution in [0.1, 0.15) is 52.0 Å². The summed E-state index contributed by atoms with van der Waals surface area (Å²) in [6, 6.07) is 14.4. The average Bonchev–Trinajstić information content (AvgIpc) is 3.30. The second-order valence-electron chi connectivity index (χ2n) is 9.09. The van der Waals surface area contributed by atoms with E-state index in [-0.39, 0.29) is 0 Å². The zero-order valence-electron chi connectivity index (χ0n) is 20.0. The summed E-state index contributed by atoms with van der Waals surface area (Å²) in [5.41, 5.74) is 1.90. The Hall–Kier alpha value is -3.39. The molecule has 0 aliphatic heterocycles. The predicted octanol–water partition coefficient (Wildman–Crippen LogP) is 5.24. The van der Waals surface area contributed by atoms with E-state index in [1.807, 2.05) is 57.2 Å². The van der Waals surface area contributed by atoms with Crippen LogP contribution in [-0.4, -0.2) is 33.3 Å². The Balaban J connectivity index is 1.85. The Kier molecular flexibility index (Phi) is 6.61. The minimum absolute atomic E-state index is 0.394. The number of rotatable bonds is 7. The van der Waals surface area contributed by atoms with Crippen LogP contribution < -0.4 is 15.8 Å². The van der Waals surface area contributed by atoms with Crippen LogP contribution in [0.15, 0.2) is 57.7 Å². The van der Waals surface area contributed by atoms with Crippen LogP contribution in [0.25, 0.3) is 11.0 Å². The number of nitrogens with zero attached hydrogens (tertiary/aromatic N) is 5. The molecular formula is C25H29ClN6O2. The zero-order chi connectivity index (χ0) is 24.5. The number of tetrazole rings is 1. The van der Waals surface area contributed by atoms with Crippen LogP contribution in [0.4, 0.5) is 11.4 Å². The lowest BCUT2D eigenvalue weighted by molar-refractivity contribution is 0.332. The van der Waals surface area contributed by atoms with Crippen molar-refractivity contribution < 1.29 is 4.42 Å². The fourth-order valence-corrected chi connectivity index (χ4v) is 4.07. The third kappa shape index (κ3) is 4.77. The summed E-state index contributed by atoms with van der Waals surface area (Å²) in [7, 11) is 0. The van der Waals surface area contributed by atoms with Crippen molar-refractivity contribution in [2.24, 2.45) is 0 Å². The van der Waals surface area contributed by atoms with Gasteiger partial charge in [-0.3, -0.25) is 0 Å². The second kappa shape index (κ2) is 9.46. The quantitative estimate of drug-likeness (QED) is 0.362. The average molecular weight is 481 g/mol. The van der Waals surface area contributed by atoms with Crippen molar-refractivity contribution >= 4 is 33.9 Å². The van der Waals surface area contributed by atoms with Gasteiger partial charge in [0.2, 0.25) is 0 Å². The first-order chi connectivity index (χ1) is 16.2. The van der Waals surface area contributed by atoms with E-state index >= 15 is 0 Å². The molecule has 0 saturated heterocycles. The van der Waals surface area contributed by atoms with Gasteiger partial charge in [-0.15, -0.1) is 5.10 Å². The van der Waals surface area contributed by atoms with Crippen LogP contribution in [0, 0.1) is 0 Å². The molecular weight excluding hydrogens is 452 g/mol. The maximum atomic E-state index is 13.3. The van der Waals surface area contributed by atoms with Crippen LogP contribution >= 0.6 is 11.6 Å². The summed E-state index contributed by atoms with van der Waals surface area (Å²) in [6.45, 7) is 11.9. The predicted molar refractivity (Wildman–Crippen MR) is 136 cm³/mol. The number of hydrogen-bond acceptors (Lipinski definition) is 7. The van der Waals surface area contributed by atoms with Gasteiger partial charge in [-0.1, -0.05) is 11.6 Å². The number of aromatic nitrogens is 4. The number of nitrogens with one attached hydrogen (secondary N) is 1. The van der Waals surface area contributed by atoms with Crippen LogP contribution in [0.5, 0.6) is 0 Å². The lowest BCUT2D eigenvalue weighted by Gasteiger charge is -2.25. The van der Waals surface area contributed by atoms with Gasteiger partial charge in [-0.2, -0.15) is 0 Å². The molecule has 2 heterocycles. The minimum Gasteiger partial charge on any atom is -0.422 e. The number of anilines is 2. The first-order valence-electron chi connectivity index (χ1n) is 11.3. The highest BCUT2D eigenvalue weighted by Crippen LogP contribution is 2.29. The monoisotopic (exact) mass is 480 g/mol. The molecule has 2 aromatic heterocycles. The third-order valence-corrected chi connectivity index (χ3v) is 5.98. The van der Waals surface area contributed by atoms with Gasteiger partial charge >= 0.3 is 5.63 Å². The Bertz CT molecular complexity index is 1340. The molecule has 34 heavy (non-hydrogen) atoms. The highest BCUT2D eigenvalue weighted by Gasteiger charge is 2.29. The maximum Gasteiger partial charge on any atom is 0.342 e. The minimum atomic E-state index is -0.640. The first kappa shape index (κ1) is 23.8. The molecule has 1 unspecified atom stereocenters. The molecule has 2 aromatic carbocycles. The third-order valence-electron chi connectivity index (χ3n) is 5.73. The Labute approximate surface area is 203 Å². The molecule has 0 radical (unpaired) electrons. The second-order valence-corrected chi connectivity index (χ2v) is 9.52. The van der Waals surface area contributed by atoms with Crippen molar-refractivity contribution in [2.45, 2.75) is 46.2 Å². The fourth-order valence-electron chi connectivity index (χ4n) is 3.95. The summed E-state index contributed by atoms with van der Waals surface area (Å²) in [6.07, 6.45) is 0. The molecule has 0 aliphatic carbocycles. The Morgan fingerprint density at radius 2 is 1.79 bits per heavy atom. The van der Waals surface area contributed by atoms with E-state index in [0.29, 0.717) is 22.0 Å². The molecule has 1 atom stereocenters. The van der Waals surface area contributed by atoms with Gasteiger partial charge in [0.1, 0.15) is 11.6 Å². The SMILES string of the molecule is CCN(CC)c1ccc2cc(C(Nc3ccc(Cl)cc3)c3nnnn3C(C)(C)C)c(=O)oc2c1. The van der Waals surface area contributed by atoms with Crippen molar-refractivity contribution in [3.8, 4) is 0 Å². The topological polar surface area (TPSA) is 89.1 Å². The van der Waals surface area contributed by atoms with Gasteiger partial charge in [0, 0.05) is 40.9 Å². The van der Waals surface area contributed by atoms with Crippen molar-refractivity contribution in [1.29, 1.82) is 0 Å². The van der Waals surface area contributed by atoms with Gasteiger partial charge < -0.3 is 14.6 Å². The van der Waals surface area contributed by atoms with E-state index in [9.17, 15) is 4.79 Å². The molecule has 0 bridgehead atoms. The van der Waals surface area contributed by atoms with Gasteiger partial charge in [-0.05, 0) is 87.5 Å². The molecule has 0 fully saturated rings. The van der Waals surface area contributed by atoms with Crippen molar-refractivity contribution in [3.63, 3.8) is 0 Å². The number of benzene rings is 2. The largest absolute Gasteiger partial charge is 0.422 e. The van der Waals surface area contributed by atoms with E-state index in [1.54, 1.807) is 16.8 Å². The fraction of sp³-hybridized carbons (Fsp3) is 0.360. The molecule has 0 aliphatic rings. The van der Waals surface area contributed by atoms with E-state index in [0.717, 1.165) is 29.9 Å². The summed E-state index contributed by atoms with van der Waals surface area (Å²) in [5.74, 6) is 0.508. The van der Waals surface area contributed by atoms with Gasteiger partial charge in [0.15, 0.2) is 5.82 Å². The summed E-state index contributed by atoms with van der Waals surface area (Å²) < 4.78 is 7.53. The molecule has 9 heteroatoms. The normalized spacial score (nSPS) is 12.6. The number of fused-ring (bicyclic) bond motifs is 1. The first-order valence-corrected chi connectivity index (χ1v) is 11.7. The van der Waals surface area contributed by atoms with Crippen molar-refractivity contribution in [1.82, 2.24) is 20.2 Å². The van der Waals surface area contributed by atoms with E-state index < -0.39 is 17.2 Å². The molecule has 178 valence electrons. The lowest BCUT2D eigenvalue weighted by atomic mass is 10.0. The van der Waals surface area contributed by atoms with E-state index in [1.165, 1.54) is 0 Å². The summed E-state index contributed by atoms with van der Waals surface area (Å²) in [4.78, 5) is 15.5. The number of hydrogen-bond donors (Lipinski definition) is 1. The Morgan fingerprint density at radius 3 is 2.44 bits per heavy atom. The highest BCUT2D eigenvalue weighted by atomic mass is 35.5. The molecule has 0 saturated carbocycles. The highest BCUT2D eigenvalue weighted by molar-refractivity contribution is 6.30. The van der Waals surface area contributed by atoms with Crippen LogP contribution in [0.3, 0.4) is 0 Å². The zero-order valence-corrected chi connectivity index (χ0v) is 20.8. The van der Waals surface area contributed by atoms with Crippen molar-refractivity contribution in [3.05, 3.63) is 75.4 Å². The standard InChI is InChI=1S/C25H29ClN6O2/c1-6-31(7-2)19-13-8-16-14-20(24(33)34-21(16)15-19)22(27-18-11-9-17(26)10-12-18)23-28-29-30-32(23)25(3,4)5/h8-15,22,27H,6-7H2,1-5H3. The summed E-state index contributed by atoms with van der Waals surface area (Å²) in [5, 5.41) is 17.2. The van der Waals surface area contributed by atoms with E-state index in [4.69, 9.17) is 16.0 Å². The van der Waals surface area contributed by atoms with Gasteiger partial charge in [0.05, 0.1) is 11.1 Å². The van der Waals surface area contributed by atoms with Crippen molar-refractivity contribution in [2.75, 3.05) is 23.3 Å². The van der Waals surface area contributed by atoms with Gasteiger partial charge in [-0.25, -0.2) is 9.48 Å². The van der Waals surface area contributed by atoms with E-state index in [2.05, 4.69) is 39.6 Å². The van der Waals surface area contributed by atoms with Crippen LogP contribution in [0.2, 0.25) is 5.02 Å². The van der Waals surface area contributed by atoms with Gasteiger partial charge in [0.25, 0.3) is 0 Å². The lowest BCUT2D eigenvalue weighted by Crippen LogP contribution is -2.31. The molecule has 8 nitrogen and oxygen atoms in total.